The fraction of sp³-hybridized carbons (Fsp3) is 0.200. The van der Waals surface area contributed by atoms with E-state index in [-0.39, 0.29) is 6.04 Å². The predicted molar refractivity (Wildman–Crippen MR) is 90.9 cm³/mol. The summed E-state index contributed by atoms with van der Waals surface area (Å²) in [6.07, 6.45) is 0.680. The zero-order chi connectivity index (χ0) is 15.4. The van der Waals surface area contributed by atoms with Gasteiger partial charge in [0.05, 0.1) is 23.2 Å². The van der Waals surface area contributed by atoms with Crippen LogP contribution in [0.25, 0.3) is 0 Å². The fourth-order valence-corrected chi connectivity index (χ4v) is 2.92. The van der Waals surface area contributed by atoms with Crippen LogP contribution in [0, 0.1) is 0 Å². The van der Waals surface area contributed by atoms with Gasteiger partial charge in [-0.3, -0.25) is 11.3 Å². The Bertz CT molecular complexity index is 637. The molecule has 3 nitrogen and oxygen atoms in total. The lowest BCUT2D eigenvalue weighted by Crippen LogP contribution is -2.29. The molecule has 3 N–H and O–H groups in total. The van der Waals surface area contributed by atoms with Gasteiger partial charge in [0.2, 0.25) is 0 Å². The molecule has 0 amide bonds. The van der Waals surface area contributed by atoms with E-state index in [9.17, 15) is 0 Å². The summed E-state index contributed by atoms with van der Waals surface area (Å²) in [5, 5.41) is 1.08. The van der Waals surface area contributed by atoms with Crippen LogP contribution in [0.15, 0.2) is 40.9 Å². The molecule has 1 atom stereocenters. The molecule has 0 aliphatic carbocycles. The maximum absolute atomic E-state index is 6.05. The van der Waals surface area contributed by atoms with Gasteiger partial charge in [-0.15, -0.1) is 0 Å². The number of benzene rings is 2. The fourth-order valence-electron chi connectivity index (χ4n) is 2.08. The standard InChI is InChI=1S/C15H15BrCl2N2O/c1-21-10-3-4-12(16)11(8-10)15(20-19)7-9-2-5-13(17)14(18)6-9/h2-6,8,15,20H,7,19H2,1H3. The molecule has 0 fully saturated rings. The van der Waals surface area contributed by atoms with Crippen molar-refractivity contribution in [3.63, 3.8) is 0 Å². The molecule has 0 saturated heterocycles. The normalized spacial score (nSPS) is 12.2. The maximum atomic E-state index is 6.05. The van der Waals surface area contributed by atoms with Crippen molar-refractivity contribution in [1.82, 2.24) is 5.43 Å². The van der Waals surface area contributed by atoms with Gasteiger partial charge >= 0.3 is 0 Å². The van der Waals surface area contributed by atoms with E-state index in [1.807, 2.05) is 30.3 Å². The van der Waals surface area contributed by atoms with Gasteiger partial charge in [0.15, 0.2) is 0 Å². The van der Waals surface area contributed by atoms with Crippen LogP contribution in [0.3, 0.4) is 0 Å². The first kappa shape index (κ1) is 16.6. The second-order valence-electron chi connectivity index (χ2n) is 4.56. The molecular formula is C15H15BrCl2N2O. The third-order valence-electron chi connectivity index (χ3n) is 3.20. The number of hydrogen-bond donors (Lipinski definition) is 2. The molecule has 0 spiro atoms. The van der Waals surface area contributed by atoms with Gasteiger partial charge in [0, 0.05) is 4.47 Å². The third-order valence-corrected chi connectivity index (χ3v) is 4.66. The van der Waals surface area contributed by atoms with Crippen molar-refractivity contribution in [2.75, 3.05) is 7.11 Å². The van der Waals surface area contributed by atoms with E-state index in [0.29, 0.717) is 16.5 Å². The minimum Gasteiger partial charge on any atom is -0.497 e. The highest BCUT2D eigenvalue weighted by Gasteiger charge is 2.15. The summed E-state index contributed by atoms with van der Waals surface area (Å²) in [4.78, 5) is 0. The first-order chi connectivity index (χ1) is 10.0. The van der Waals surface area contributed by atoms with Crippen molar-refractivity contribution >= 4 is 39.1 Å². The molecule has 2 aromatic carbocycles. The molecule has 0 aromatic heterocycles. The zero-order valence-electron chi connectivity index (χ0n) is 11.4. The van der Waals surface area contributed by atoms with Gasteiger partial charge in [-0.1, -0.05) is 45.2 Å². The minimum atomic E-state index is -0.0771. The van der Waals surface area contributed by atoms with Crippen LogP contribution in [0.5, 0.6) is 5.75 Å². The van der Waals surface area contributed by atoms with Crippen molar-refractivity contribution in [3.05, 3.63) is 62.0 Å². The Morgan fingerprint density at radius 1 is 1.19 bits per heavy atom. The molecule has 2 aromatic rings. The van der Waals surface area contributed by atoms with Crippen molar-refractivity contribution in [2.24, 2.45) is 5.84 Å². The van der Waals surface area contributed by atoms with E-state index in [2.05, 4.69) is 21.4 Å². The number of nitrogens with one attached hydrogen (secondary N) is 1. The quantitative estimate of drug-likeness (QED) is 0.584. The Morgan fingerprint density at radius 2 is 1.95 bits per heavy atom. The zero-order valence-corrected chi connectivity index (χ0v) is 14.5. The minimum absolute atomic E-state index is 0.0771. The molecule has 2 rings (SSSR count). The second-order valence-corrected chi connectivity index (χ2v) is 6.23. The summed E-state index contributed by atoms with van der Waals surface area (Å²) in [6, 6.07) is 11.3. The molecule has 0 aliphatic heterocycles. The number of ether oxygens (including phenoxy) is 1. The summed E-state index contributed by atoms with van der Waals surface area (Å²) in [6.45, 7) is 0. The average Bonchev–Trinajstić information content (AvgIpc) is 2.49. The SMILES string of the molecule is COc1ccc(Br)c(C(Cc2ccc(Cl)c(Cl)c2)NN)c1. The van der Waals surface area contributed by atoms with Gasteiger partial charge < -0.3 is 4.74 Å². The highest BCUT2D eigenvalue weighted by molar-refractivity contribution is 9.10. The molecule has 6 heteroatoms. The van der Waals surface area contributed by atoms with Gasteiger partial charge in [0.25, 0.3) is 0 Å². The van der Waals surface area contributed by atoms with Gasteiger partial charge in [-0.25, -0.2) is 0 Å². The number of rotatable bonds is 5. The predicted octanol–water partition coefficient (Wildman–Crippen LogP) is 4.51. The van der Waals surface area contributed by atoms with Crippen molar-refractivity contribution < 1.29 is 4.74 Å². The molecular weight excluding hydrogens is 375 g/mol. The van der Waals surface area contributed by atoms with Gasteiger partial charge in [-0.05, 0) is 47.9 Å². The topological polar surface area (TPSA) is 47.3 Å². The molecule has 0 radical (unpaired) electrons. The molecule has 0 aliphatic rings. The Morgan fingerprint density at radius 3 is 2.57 bits per heavy atom. The highest BCUT2D eigenvalue weighted by Crippen LogP contribution is 2.31. The maximum Gasteiger partial charge on any atom is 0.119 e. The van der Waals surface area contributed by atoms with E-state index in [1.165, 1.54) is 0 Å². The Hall–Kier alpha value is -0.780. The van der Waals surface area contributed by atoms with E-state index in [4.69, 9.17) is 33.8 Å². The number of nitrogens with two attached hydrogens (primary N) is 1. The number of hydrazine groups is 1. The van der Waals surface area contributed by atoms with Crippen molar-refractivity contribution in [1.29, 1.82) is 0 Å². The van der Waals surface area contributed by atoms with Crippen LogP contribution in [-0.4, -0.2) is 7.11 Å². The average molecular weight is 390 g/mol. The monoisotopic (exact) mass is 388 g/mol. The summed E-state index contributed by atoms with van der Waals surface area (Å²) >= 11 is 15.5. The van der Waals surface area contributed by atoms with E-state index in [0.717, 1.165) is 21.3 Å². The number of methoxy groups -OCH3 is 1. The number of halogens is 3. The molecule has 0 bridgehead atoms. The van der Waals surface area contributed by atoms with Gasteiger partial charge in [0.1, 0.15) is 5.75 Å². The summed E-state index contributed by atoms with van der Waals surface area (Å²) in [7, 11) is 1.64. The summed E-state index contributed by atoms with van der Waals surface area (Å²) in [5.41, 5.74) is 4.89. The summed E-state index contributed by atoms with van der Waals surface area (Å²) < 4.78 is 6.23. The summed E-state index contributed by atoms with van der Waals surface area (Å²) in [5.74, 6) is 6.49. The molecule has 0 saturated carbocycles. The van der Waals surface area contributed by atoms with Crippen LogP contribution in [-0.2, 0) is 6.42 Å². The highest BCUT2D eigenvalue weighted by atomic mass is 79.9. The third kappa shape index (κ3) is 4.11. The molecule has 21 heavy (non-hydrogen) atoms. The van der Waals surface area contributed by atoms with E-state index >= 15 is 0 Å². The van der Waals surface area contributed by atoms with Crippen LogP contribution >= 0.6 is 39.1 Å². The van der Waals surface area contributed by atoms with Crippen LogP contribution < -0.4 is 16.0 Å². The Kier molecular flexibility index (Phi) is 5.90. The Balaban J connectivity index is 2.29. The molecule has 1 unspecified atom stereocenters. The van der Waals surface area contributed by atoms with Crippen LogP contribution in [0.4, 0.5) is 0 Å². The van der Waals surface area contributed by atoms with E-state index < -0.39 is 0 Å². The first-order valence-electron chi connectivity index (χ1n) is 6.28. The lowest BCUT2D eigenvalue weighted by molar-refractivity contribution is 0.412. The number of hydrogen-bond acceptors (Lipinski definition) is 3. The van der Waals surface area contributed by atoms with E-state index in [1.54, 1.807) is 13.2 Å². The second kappa shape index (κ2) is 7.47. The largest absolute Gasteiger partial charge is 0.497 e. The molecule has 112 valence electrons. The first-order valence-corrected chi connectivity index (χ1v) is 7.83. The lowest BCUT2D eigenvalue weighted by atomic mass is 9.99. The Labute approximate surface area is 142 Å². The molecule has 0 heterocycles. The van der Waals surface area contributed by atoms with Crippen molar-refractivity contribution in [3.8, 4) is 5.75 Å². The smallest absolute Gasteiger partial charge is 0.119 e. The van der Waals surface area contributed by atoms with Gasteiger partial charge in [-0.2, -0.15) is 0 Å². The van der Waals surface area contributed by atoms with Crippen molar-refractivity contribution in [2.45, 2.75) is 12.5 Å². The van der Waals surface area contributed by atoms with Crippen LogP contribution in [0.2, 0.25) is 10.0 Å². The van der Waals surface area contributed by atoms with Crippen LogP contribution in [0.1, 0.15) is 17.2 Å². The lowest BCUT2D eigenvalue weighted by Gasteiger charge is -2.19.